The molecule has 4 heterocycles. The summed E-state index contributed by atoms with van der Waals surface area (Å²) in [5.41, 5.74) is 4.60. The monoisotopic (exact) mass is 537 g/mol. The fraction of sp³-hybridized carbons (Fsp3) is 0.500. The third kappa shape index (κ3) is 5.94. The highest BCUT2D eigenvalue weighted by atomic mass is 35.5. The number of halogens is 1. The van der Waals surface area contributed by atoms with Crippen LogP contribution in [0.1, 0.15) is 61.4 Å². The van der Waals surface area contributed by atoms with Crippen molar-refractivity contribution in [3.8, 4) is 0 Å². The number of nitrogens with one attached hydrogen (secondary N) is 1. The van der Waals surface area contributed by atoms with Gasteiger partial charge in [-0.3, -0.25) is 4.90 Å². The number of benzene rings is 1. The number of hydrogen-bond acceptors (Lipinski definition) is 7. The minimum Gasteiger partial charge on any atom is -0.444 e. The number of imidazole rings is 1. The topological polar surface area (TPSA) is 90.5 Å². The largest absolute Gasteiger partial charge is 0.444 e. The molecule has 6 rings (SSSR count). The molecule has 0 saturated carbocycles. The van der Waals surface area contributed by atoms with E-state index in [-0.39, 0.29) is 6.09 Å². The minimum absolute atomic E-state index is 0.255. The first-order valence-corrected chi connectivity index (χ1v) is 13.6. The van der Waals surface area contributed by atoms with Crippen LogP contribution in [0, 0.1) is 6.92 Å². The fourth-order valence-corrected chi connectivity index (χ4v) is 5.58. The summed E-state index contributed by atoms with van der Waals surface area (Å²) in [4.78, 5) is 34.9. The van der Waals surface area contributed by atoms with Gasteiger partial charge in [0.25, 0.3) is 0 Å². The summed E-state index contributed by atoms with van der Waals surface area (Å²) in [5.74, 6) is 1.88. The lowest BCUT2D eigenvalue weighted by Crippen LogP contribution is -2.50. The Hall–Kier alpha value is -3.17. The highest BCUT2D eigenvalue weighted by Crippen LogP contribution is 2.41. The standard InChI is InChI=1S/C24H30ClN5O2.C4H6N2/c1-24(2,3)32-23(31)29-12-10-28(11-13-29)21-18-14-30(15-19(18)26-22(25)27-21)20-9-8-16-6-4-5-7-17(16)20;1-4-5-2-3-6-4/h4-7,20H,8-15H2,1-3H3;2-3H,1H3,(H,5,6). The van der Waals surface area contributed by atoms with E-state index in [1.807, 2.05) is 27.7 Å². The van der Waals surface area contributed by atoms with E-state index in [0.717, 1.165) is 43.3 Å². The maximum absolute atomic E-state index is 12.4. The summed E-state index contributed by atoms with van der Waals surface area (Å²) < 4.78 is 5.53. The average Bonchev–Trinajstić information content (AvgIpc) is 3.62. The lowest BCUT2D eigenvalue weighted by atomic mass is 10.1. The third-order valence-electron chi connectivity index (χ3n) is 7.17. The van der Waals surface area contributed by atoms with Gasteiger partial charge in [0.1, 0.15) is 17.2 Å². The van der Waals surface area contributed by atoms with E-state index in [4.69, 9.17) is 16.3 Å². The molecule has 2 aliphatic heterocycles. The Morgan fingerprint density at radius 3 is 2.53 bits per heavy atom. The third-order valence-corrected chi connectivity index (χ3v) is 7.33. The van der Waals surface area contributed by atoms with Crippen LogP contribution in [0.15, 0.2) is 36.7 Å². The van der Waals surface area contributed by atoms with Crippen molar-refractivity contribution in [1.29, 1.82) is 0 Å². The number of ether oxygens (including phenoxy) is 1. The highest BCUT2D eigenvalue weighted by molar-refractivity contribution is 6.28. The Bertz CT molecular complexity index is 1270. The predicted molar refractivity (Wildman–Crippen MR) is 147 cm³/mol. The summed E-state index contributed by atoms with van der Waals surface area (Å²) in [6, 6.07) is 9.17. The molecule has 1 N–H and O–H groups in total. The van der Waals surface area contributed by atoms with Gasteiger partial charge in [-0.05, 0) is 63.3 Å². The summed E-state index contributed by atoms with van der Waals surface area (Å²) in [5, 5.41) is 0.294. The Balaban J connectivity index is 0.000000433. The van der Waals surface area contributed by atoms with Crippen molar-refractivity contribution in [2.75, 3.05) is 31.1 Å². The van der Waals surface area contributed by atoms with Gasteiger partial charge in [-0.25, -0.2) is 19.7 Å². The SMILES string of the molecule is CC(C)(C)OC(=O)N1CCN(c2nc(Cl)nc3c2CN(C2CCc4ccccc42)C3)CC1.Cc1ncc[nH]1. The van der Waals surface area contributed by atoms with Crippen LogP contribution in [-0.4, -0.2) is 67.6 Å². The first kappa shape index (κ1) is 26.4. The van der Waals surface area contributed by atoms with E-state index in [0.29, 0.717) is 37.5 Å². The van der Waals surface area contributed by atoms with Gasteiger partial charge < -0.3 is 19.5 Å². The number of aromatic nitrogens is 4. The molecule has 2 aromatic heterocycles. The number of piperazine rings is 1. The molecule has 1 aromatic carbocycles. The Morgan fingerprint density at radius 1 is 1.11 bits per heavy atom. The quantitative estimate of drug-likeness (QED) is 0.464. The molecule has 3 aromatic rings. The van der Waals surface area contributed by atoms with Gasteiger partial charge in [0.05, 0.1) is 5.69 Å². The van der Waals surface area contributed by atoms with Gasteiger partial charge in [-0.1, -0.05) is 24.3 Å². The molecule has 10 heteroatoms. The Kier molecular flexibility index (Phi) is 7.59. The van der Waals surface area contributed by atoms with Crippen molar-refractivity contribution in [3.63, 3.8) is 0 Å². The molecular weight excluding hydrogens is 502 g/mol. The number of carbonyl (C=O) groups is 1. The van der Waals surface area contributed by atoms with E-state index >= 15 is 0 Å². The van der Waals surface area contributed by atoms with Gasteiger partial charge in [0, 0.05) is 63.3 Å². The molecule has 0 spiro atoms. The van der Waals surface area contributed by atoms with E-state index < -0.39 is 5.60 Å². The minimum atomic E-state index is -0.489. The van der Waals surface area contributed by atoms with Crippen molar-refractivity contribution >= 4 is 23.5 Å². The van der Waals surface area contributed by atoms with Crippen molar-refractivity contribution in [2.24, 2.45) is 0 Å². The number of aromatic amines is 1. The average molecular weight is 538 g/mol. The number of amides is 1. The number of anilines is 1. The van der Waals surface area contributed by atoms with Crippen LogP contribution in [0.25, 0.3) is 0 Å². The van der Waals surface area contributed by atoms with Gasteiger partial charge >= 0.3 is 6.09 Å². The Labute approximate surface area is 229 Å². The summed E-state index contributed by atoms with van der Waals surface area (Å²) in [6.07, 6.45) is 5.54. The van der Waals surface area contributed by atoms with Crippen LogP contribution in [0.5, 0.6) is 0 Å². The zero-order valence-corrected chi connectivity index (χ0v) is 23.3. The summed E-state index contributed by atoms with van der Waals surface area (Å²) in [7, 11) is 0. The molecule has 1 saturated heterocycles. The number of hydrogen-bond donors (Lipinski definition) is 1. The first-order chi connectivity index (χ1) is 18.2. The lowest BCUT2D eigenvalue weighted by molar-refractivity contribution is 0.0240. The maximum Gasteiger partial charge on any atom is 0.410 e. The smallest absolute Gasteiger partial charge is 0.410 e. The van der Waals surface area contributed by atoms with E-state index in [1.54, 1.807) is 17.3 Å². The summed E-state index contributed by atoms with van der Waals surface area (Å²) >= 11 is 6.34. The number of fused-ring (bicyclic) bond motifs is 2. The molecule has 1 aliphatic carbocycles. The van der Waals surface area contributed by atoms with E-state index in [2.05, 4.69) is 54.0 Å². The number of nitrogens with zero attached hydrogens (tertiary/aromatic N) is 6. The van der Waals surface area contributed by atoms with Crippen LogP contribution in [0.3, 0.4) is 0 Å². The maximum atomic E-state index is 12.4. The van der Waals surface area contributed by atoms with Crippen LogP contribution in [-0.2, 0) is 24.2 Å². The molecule has 9 nitrogen and oxygen atoms in total. The van der Waals surface area contributed by atoms with Gasteiger partial charge in [0.15, 0.2) is 0 Å². The second-order valence-corrected chi connectivity index (χ2v) is 11.4. The van der Waals surface area contributed by atoms with Crippen LogP contribution < -0.4 is 4.90 Å². The van der Waals surface area contributed by atoms with E-state index in [9.17, 15) is 4.79 Å². The normalized spacial score (nSPS) is 19.0. The summed E-state index contributed by atoms with van der Waals surface area (Å²) in [6.45, 7) is 11.8. The molecule has 38 heavy (non-hydrogen) atoms. The zero-order valence-electron chi connectivity index (χ0n) is 22.6. The second kappa shape index (κ2) is 10.9. The van der Waals surface area contributed by atoms with Crippen molar-refractivity contribution in [1.82, 2.24) is 29.7 Å². The molecule has 3 aliphatic rings. The lowest BCUT2D eigenvalue weighted by Gasteiger charge is -2.36. The van der Waals surface area contributed by atoms with Crippen LogP contribution in [0.4, 0.5) is 10.6 Å². The molecule has 0 bridgehead atoms. The van der Waals surface area contributed by atoms with Crippen molar-refractivity contribution in [3.05, 3.63) is 70.2 Å². The van der Waals surface area contributed by atoms with Crippen LogP contribution in [0.2, 0.25) is 5.28 Å². The Morgan fingerprint density at radius 2 is 1.87 bits per heavy atom. The van der Waals surface area contributed by atoms with Gasteiger partial charge in [0.2, 0.25) is 5.28 Å². The predicted octanol–water partition coefficient (Wildman–Crippen LogP) is 4.91. The molecule has 0 radical (unpaired) electrons. The number of carbonyl (C=O) groups excluding carboxylic acids is 1. The fourth-order valence-electron chi connectivity index (χ4n) is 5.40. The number of H-pyrrole nitrogens is 1. The number of aryl methyl sites for hydroxylation is 2. The molecule has 1 amide bonds. The van der Waals surface area contributed by atoms with Crippen molar-refractivity contribution < 1.29 is 9.53 Å². The van der Waals surface area contributed by atoms with Gasteiger partial charge in [-0.15, -0.1) is 0 Å². The molecule has 202 valence electrons. The first-order valence-electron chi connectivity index (χ1n) is 13.2. The molecule has 1 fully saturated rings. The second-order valence-electron chi connectivity index (χ2n) is 11.0. The molecule has 1 atom stereocenters. The van der Waals surface area contributed by atoms with Gasteiger partial charge in [-0.2, -0.15) is 0 Å². The zero-order chi connectivity index (χ0) is 26.9. The van der Waals surface area contributed by atoms with E-state index in [1.165, 1.54) is 16.7 Å². The molecular formula is C28H36ClN7O2. The highest BCUT2D eigenvalue weighted by Gasteiger charge is 2.36. The molecule has 1 unspecified atom stereocenters. The van der Waals surface area contributed by atoms with Crippen LogP contribution >= 0.6 is 11.6 Å². The van der Waals surface area contributed by atoms with Crippen molar-refractivity contribution in [2.45, 2.75) is 65.3 Å². The number of rotatable bonds is 2.